The van der Waals surface area contributed by atoms with Gasteiger partial charge in [0.2, 0.25) is 0 Å². The molecule has 0 atom stereocenters. The SMILES string of the molecule is N#Cc1c(-c2ccc3c(c2)CCCO3)cc[nH]c1=O. The van der Waals surface area contributed by atoms with Gasteiger partial charge < -0.3 is 9.72 Å². The van der Waals surface area contributed by atoms with E-state index in [-0.39, 0.29) is 11.1 Å². The van der Waals surface area contributed by atoms with E-state index >= 15 is 0 Å². The number of H-pyrrole nitrogens is 1. The van der Waals surface area contributed by atoms with Crippen LogP contribution in [0.3, 0.4) is 0 Å². The highest BCUT2D eigenvalue weighted by Gasteiger charge is 2.13. The average molecular weight is 252 g/mol. The zero-order valence-electron chi connectivity index (χ0n) is 10.3. The number of hydrogen-bond acceptors (Lipinski definition) is 3. The molecular formula is C15H12N2O2. The number of nitrogens with zero attached hydrogens (tertiary/aromatic N) is 1. The van der Waals surface area contributed by atoms with Gasteiger partial charge in [-0.1, -0.05) is 6.07 Å². The zero-order valence-corrected chi connectivity index (χ0v) is 10.3. The van der Waals surface area contributed by atoms with Crippen molar-refractivity contribution in [1.82, 2.24) is 4.98 Å². The van der Waals surface area contributed by atoms with E-state index in [0.29, 0.717) is 5.56 Å². The summed E-state index contributed by atoms with van der Waals surface area (Å²) in [4.78, 5) is 14.2. The molecule has 1 N–H and O–H groups in total. The molecule has 1 aromatic carbocycles. The summed E-state index contributed by atoms with van der Waals surface area (Å²) in [5.41, 5.74) is 2.48. The summed E-state index contributed by atoms with van der Waals surface area (Å²) in [7, 11) is 0. The van der Waals surface area contributed by atoms with Crippen molar-refractivity contribution in [3.63, 3.8) is 0 Å². The number of ether oxygens (including phenoxy) is 1. The molecule has 0 fully saturated rings. The number of aryl methyl sites for hydroxylation is 1. The summed E-state index contributed by atoms with van der Waals surface area (Å²) in [6.07, 6.45) is 3.53. The van der Waals surface area contributed by atoms with Crippen molar-refractivity contribution in [3.05, 3.63) is 51.9 Å². The highest BCUT2D eigenvalue weighted by molar-refractivity contribution is 5.71. The van der Waals surface area contributed by atoms with Crippen LogP contribution >= 0.6 is 0 Å². The van der Waals surface area contributed by atoms with Gasteiger partial charge in [-0.15, -0.1) is 0 Å². The number of nitrogens with one attached hydrogen (secondary N) is 1. The second-order valence-corrected chi connectivity index (χ2v) is 4.48. The van der Waals surface area contributed by atoms with Crippen molar-refractivity contribution in [1.29, 1.82) is 5.26 Å². The standard InChI is InChI=1S/C15H12N2O2/c16-9-13-12(5-6-17-15(13)18)10-3-4-14-11(8-10)2-1-7-19-14/h3-6,8H,1-2,7H2,(H,17,18). The molecule has 3 rings (SSSR count). The van der Waals surface area contributed by atoms with Gasteiger partial charge in [0.05, 0.1) is 6.61 Å². The maximum atomic E-state index is 11.6. The molecule has 2 aromatic rings. The molecule has 19 heavy (non-hydrogen) atoms. The van der Waals surface area contributed by atoms with Crippen LogP contribution in [0.25, 0.3) is 11.1 Å². The normalized spacial score (nSPS) is 13.2. The molecule has 1 aliphatic rings. The summed E-state index contributed by atoms with van der Waals surface area (Å²) in [6, 6.07) is 9.52. The van der Waals surface area contributed by atoms with Crippen LogP contribution in [0.5, 0.6) is 5.75 Å². The Balaban J connectivity index is 2.16. The summed E-state index contributed by atoms with van der Waals surface area (Å²) >= 11 is 0. The van der Waals surface area contributed by atoms with Crippen molar-refractivity contribution in [3.8, 4) is 22.9 Å². The Kier molecular flexibility index (Phi) is 2.81. The zero-order chi connectivity index (χ0) is 13.2. The molecule has 1 aliphatic heterocycles. The number of fused-ring (bicyclic) bond motifs is 1. The quantitative estimate of drug-likeness (QED) is 0.846. The van der Waals surface area contributed by atoms with E-state index in [0.717, 1.165) is 36.3 Å². The Labute approximate surface area is 110 Å². The van der Waals surface area contributed by atoms with Gasteiger partial charge in [-0.2, -0.15) is 5.26 Å². The largest absolute Gasteiger partial charge is 0.493 e. The van der Waals surface area contributed by atoms with E-state index in [1.807, 2.05) is 24.3 Å². The minimum absolute atomic E-state index is 0.152. The van der Waals surface area contributed by atoms with Crippen molar-refractivity contribution in [2.24, 2.45) is 0 Å². The fourth-order valence-corrected chi connectivity index (χ4v) is 2.36. The molecule has 0 saturated heterocycles. The number of rotatable bonds is 1. The van der Waals surface area contributed by atoms with Gasteiger partial charge in [-0.25, -0.2) is 0 Å². The Hall–Kier alpha value is -2.54. The lowest BCUT2D eigenvalue weighted by atomic mass is 9.97. The maximum Gasteiger partial charge on any atom is 0.266 e. The predicted octanol–water partition coefficient (Wildman–Crippen LogP) is 2.24. The van der Waals surface area contributed by atoms with E-state index in [4.69, 9.17) is 10.00 Å². The number of aromatic amines is 1. The fourth-order valence-electron chi connectivity index (χ4n) is 2.36. The molecule has 0 aliphatic carbocycles. The second-order valence-electron chi connectivity index (χ2n) is 4.48. The second kappa shape index (κ2) is 4.62. The third-order valence-electron chi connectivity index (χ3n) is 3.29. The fraction of sp³-hybridized carbons (Fsp3) is 0.200. The van der Waals surface area contributed by atoms with Crippen LogP contribution in [0.1, 0.15) is 17.5 Å². The van der Waals surface area contributed by atoms with E-state index in [2.05, 4.69) is 4.98 Å². The van der Waals surface area contributed by atoms with Crippen LogP contribution in [0, 0.1) is 11.3 Å². The average Bonchev–Trinajstić information content (AvgIpc) is 2.46. The first kappa shape index (κ1) is 11.5. The summed E-state index contributed by atoms with van der Waals surface area (Å²) in [5, 5.41) is 9.10. The molecule has 0 amide bonds. The highest BCUT2D eigenvalue weighted by Crippen LogP contribution is 2.30. The molecule has 4 heteroatoms. The monoisotopic (exact) mass is 252 g/mol. The van der Waals surface area contributed by atoms with E-state index in [9.17, 15) is 4.79 Å². The third-order valence-corrected chi connectivity index (χ3v) is 3.29. The summed E-state index contributed by atoms with van der Waals surface area (Å²) in [6.45, 7) is 0.751. The van der Waals surface area contributed by atoms with Gasteiger partial charge in [0.25, 0.3) is 5.56 Å². The molecule has 0 saturated carbocycles. The van der Waals surface area contributed by atoms with Gasteiger partial charge >= 0.3 is 0 Å². The molecule has 94 valence electrons. The molecular weight excluding hydrogens is 240 g/mol. The topological polar surface area (TPSA) is 65.9 Å². The third kappa shape index (κ3) is 2.00. The van der Waals surface area contributed by atoms with Gasteiger partial charge in [0, 0.05) is 11.8 Å². The first-order valence-electron chi connectivity index (χ1n) is 6.17. The summed E-state index contributed by atoms with van der Waals surface area (Å²) < 4.78 is 5.56. The summed E-state index contributed by atoms with van der Waals surface area (Å²) in [5.74, 6) is 0.901. The highest BCUT2D eigenvalue weighted by atomic mass is 16.5. The number of pyridine rings is 1. The number of benzene rings is 1. The van der Waals surface area contributed by atoms with Gasteiger partial charge in [-0.05, 0) is 42.2 Å². The smallest absolute Gasteiger partial charge is 0.266 e. The number of aromatic nitrogens is 1. The molecule has 1 aromatic heterocycles. The van der Waals surface area contributed by atoms with E-state index < -0.39 is 0 Å². The van der Waals surface area contributed by atoms with Gasteiger partial charge in [-0.3, -0.25) is 4.79 Å². The van der Waals surface area contributed by atoms with Crippen molar-refractivity contribution < 1.29 is 4.74 Å². The van der Waals surface area contributed by atoms with Crippen molar-refractivity contribution >= 4 is 0 Å². The van der Waals surface area contributed by atoms with Crippen LogP contribution in [-0.4, -0.2) is 11.6 Å². The first-order valence-corrected chi connectivity index (χ1v) is 6.17. The van der Waals surface area contributed by atoms with Crippen LogP contribution in [0.2, 0.25) is 0 Å². The van der Waals surface area contributed by atoms with E-state index in [1.165, 1.54) is 0 Å². The first-order chi connectivity index (χ1) is 9.29. The minimum Gasteiger partial charge on any atom is -0.493 e. The Bertz CT molecular complexity index is 726. The molecule has 0 spiro atoms. The van der Waals surface area contributed by atoms with E-state index in [1.54, 1.807) is 12.3 Å². The lowest BCUT2D eigenvalue weighted by Crippen LogP contribution is -2.11. The van der Waals surface area contributed by atoms with Crippen molar-refractivity contribution in [2.45, 2.75) is 12.8 Å². The lowest BCUT2D eigenvalue weighted by Gasteiger charge is -2.18. The molecule has 4 nitrogen and oxygen atoms in total. The van der Waals surface area contributed by atoms with Gasteiger partial charge in [0.15, 0.2) is 0 Å². The molecule has 2 heterocycles. The van der Waals surface area contributed by atoms with Crippen LogP contribution < -0.4 is 10.3 Å². The molecule has 0 bridgehead atoms. The van der Waals surface area contributed by atoms with Crippen LogP contribution in [0.4, 0.5) is 0 Å². The van der Waals surface area contributed by atoms with Crippen molar-refractivity contribution in [2.75, 3.05) is 6.61 Å². The Morgan fingerprint density at radius 2 is 2.21 bits per heavy atom. The Morgan fingerprint density at radius 3 is 3.05 bits per heavy atom. The molecule has 0 unspecified atom stereocenters. The van der Waals surface area contributed by atoms with Crippen LogP contribution in [-0.2, 0) is 6.42 Å². The lowest BCUT2D eigenvalue weighted by molar-refractivity contribution is 0.288. The molecule has 0 radical (unpaired) electrons. The number of hydrogen-bond donors (Lipinski definition) is 1. The van der Waals surface area contributed by atoms with Gasteiger partial charge in [0.1, 0.15) is 17.4 Å². The number of nitriles is 1. The maximum absolute atomic E-state index is 11.6. The predicted molar refractivity (Wildman–Crippen MR) is 71.0 cm³/mol. The Morgan fingerprint density at radius 1 is 1.32 bits per heavy atom. The van der Waals surface area contributed by atoms with Crippen LogP contribution in [0.15, 0.2) is 35.3 Å². The minimum atomic E-state index is -0.353.